The summed E-state index contributed by atoms with van der Waals surface area (Å²) in [5.41, 5.74) is 3.08. The molecule has 2 N–H and O–H groups in total. The molecule has 0 bridgehead atoms. The van der Waals surface area contributed by atoms with Gasteiger partial charge in [0.05, 0.1) is 23.7 Å². The third kappa shape index (κ3) is 6.37. The zero-order valence-corrected chi connectivity index (χ0v) is 23.3. The maximum absolute atomic E-state index is 12.7. The average Bonchev–Trinajstić information content (AvgIpc) is 3.37. The Balaban J connectivity index is 1.36. The maximum atomic E-state index is 12.7. The van der Waals surface area contributed by atoms with Gasteiger partial charge in [-0.15, -0.1) is 0 Å². The highest BCUT2D eigenvalue weighted by Crippen LogP contribution is 2.43. The van der Waals surface area contributed by atoms with Crippen LogP contribution in [0.25, 0.3) is 0 Å². The van der Waals surface area contributed by atoms with Crippen LogP contribution in [0.5, 0.6) is 0 Å². The molecule has 1 aliphatic rings. The Hall–Kier alpha value is -3.15. The number of aromatic nitrogens is 2. The zero-order chi connectivity index (χ0) is 27.4. The van der Waals surface area contributed by atoms with Crippen LogP contribution in [0.2, 0.25) is 0 Å². The Morgan fingerprint density at radius 1 is 0.974 bits per heavy atom. The van der Waals surface area contributed by atoms with Crippen LogP contribution in [0.3, 0.4) is 0 Å². The van der Waals surface area contributed by atoms with E-state index < -0.39 is 16.3 Å². The highest BCUT2D eigenvalue weighted by molar-refractivity contribution is 7.99. The molecular weight excluding hydrogens is 534 g/mol. The third-order valence-corrected chi connectivity index (χ3v) is 9.31. The van der Waals surface area contributed by atoms with E-state index in [1.54, 1.807) is 60.4 Å². The zero-order valence-electron chi connectivity index (χ0n) is 21.7. The van der Waals surface area contributed by atoms with E-state index in [-0.39, 0.29) is 29.6 Å². The highest BCUT2D eigenvalue weighted by Gasteiger charge is 2.38. The largest absolute Gasteiger partial charge is 0.392 e. The van der Waals surface area contributed by atoms with Gasteiger partial charge in [-0.2, -0.15) is 0 Å². The van der Waals surface area contributed by atoms with Gasteiger partial charge in [-0.25, -0.2) is 13.4 Å². The molecule has 1 fully saturated rings. The van der Waals surface area contributed by atoms with Gasteiger partial charge >= 0.3 is 0 Å². The number of sulfonamides is 1. The number of rotatable bonds is 9. The summed E-state index contributed by atoms with van der Waals surface area (Å²) in [6, 6.07) is 23.1. The summed E-state index contributed by atoms with van der Waals surface area (Å²) in [5, 5.41) is 10.4. The number of hydrogen-bond donors (Lipinski definition) is 2. The Bertz CT molecular complexity index is 1480. The summed E-state index contributed by atoms with van der Waals surface area (Å²) in [7, 11) is -1.73. The van der Waals surface area contributed by atoms with E-state index >= 15 is 0 Å². The first-order chi connectivity index (χ1) is 18.8. The SMILES string of the molecule is C[C@@H]1[C@H](CSc2nccn2C)O[C@H](c2ccc(NS(=O)(=O)c3ccccc3)cc2)O[C@@H]1c1ccc(CO)cc1. The number of aliphatic hydroxyl groups excluding tert-OH is 1. The van der Waals surface area contributed by atoms with Crippen molar-refractivity contribution in [3.63, 3.8) is 0 Å². The number of thioether (sulfide) groups is 1. The molecule has 204 valence electrons. The van der Waals surface area contributed by atoms with Gasteiger partial charge in [0.1, 0.15) is 0 Å². The van der Waals surface area contributed by atoms with Crippen LogP contribution in [0.1, 0.15) is 36.0 Å². The molecule has 0 radical (unpaired) electrons. The van der Waals surface area contributed by atoms with E-state index in [9.17, 15) is 13.5 Å². The van der Waals surface area contributed by atoms with Gasteiger partial charge in [-0.3, -0.25) is 4.72 Å². The van der Waals surface area contributed by atoms with Crippen molar-refractivity contribution in [3.8, 4) is 0 Å². The Morgan fingerprint density at radius 3 is 2.31 bits per heavy atom. The van der Waals surface area contributed by atoms with E-state index in [0.29, 0.717) is 11.4 Å². The predicted octanol–water partition coefficient (Wildman–Crippen LogP) is 5.30. The number of nitrogens with zero attached hydrogens (tertiary/aromatic N) is 2. The molecule has 10 heteroatoms. The molecule has 4 atom stereocenters. The van der Waals surface area contributed by atoms with Crippen LogP contribution in [-0.2, 0) is 33.2 Å². The van der Waals surface area contributed by atoms with Gasteiger partial charge in [-0.1, -0.05) is 73.3 Å². The summed E-state index contributed by atoms with van der Waals surface area (Å²) in [5.74, 6) is 0.734. The molecular formula is C29H31N3O5S2. The van der Waals surface area contributed by atoms with E-state index in [0.717, 1.165) is 21.8 Å². The fourth-order valence-electron chi connectivity index (χ4n) is 4.48. The molecule has 0 aliphatic carbocycles. The van der Waals surface area contributed by atoms with Crippen LogP contribution < -0.4 is 4.72 Å². The number of aliphatic hydroxyl groups is 1. The Morgan fingerprint density at radius 2 is 1.67 bits per heavy atom. The standard InChI is InChI=1S/C29H31N3O5S2/c1-20-26(19-38-29-30-16-17-32(29)2)36-28(37-27(20)22-10-8-21(18-33)9-11-22)23-12-14-24(15-13-23)31-39(34,35)25-6-4-3-5-7-25/h3-17,20,26-28,31,33H,18-19H2,1-2H3/t20-,26+,27+,28+/m1/s1. The number of nitrogens with one attached hydrogen (secondary N) is 1. The topological polar surface area (TPSA) is 103 Å². The third-order valence-electron chi connectivity index (χ3n) is 6.77. The second kappa shape index (κ2) is 11.9. The van der Waals surface area contributed by atoms with Gasteiger partial charge < -0.3 is 19.1 Å². The van der Waals surface area contributed by atoms with Crippen molar-refractivity contribution >= 4 is 27.5 Å². The molecule has 39 heavy (non-hydrogen) atoms. The van der Waals surface area contributed by atoms with Gasteiger partial charge in [0.2, 0.25) is 0 Å². The number of anilines is 1. The van der Waals surface area contributed by atoms with Crippen LogP contribution in [0.4, 0.5) is 5.69 Å². The van der Waals surface area contributed by atoms with Gasteiger partial charge in [0.25, 0.3) is 10.0 Å². The smallest absolute Gasteiger partial charge is 0.261 e. The minimum absolute atomic E-state index is 0.0175. The minimum Gasteiger partial charge on any atom is -0.392 e. The van der Waals surface area contributed by atoms with E-state index in [1.165, 1.54) is 0 Å². The number of hydrogen-bond acceptors (Lipinski definition) is 7. The summed E-state index contributed by atoms with van der Waals surface area (Å²) in [6.07, 6.45) is 2.68. The lowest BCUT2D eigenvalue weighted by Crippen LogP contribution is -2.38. The minimum atomic E-state index is -3.69. The second-order valence-corrected chi connectivity index (χ2v) is 12.2. The van der Waals surface area contributed by atoms with Crippen LogP contribution >= 0.6 is 11.8 Å². The highest BCUT2D eigenvalue weighted by atomic mass is 32.2. The average molecular weight is 566 g/mol. The van der Waals surface area contributed by atoms with Crippen molar-refractivity contribution in [1.29, 1.82) is 0 Å². The monoisotopic (exact) mass is 565 g/mol. The van der Waals surface area contributed by atoms with Crippen LogP contribution in [0, 0.1) is 5.92 Å². The lowest BCUT2D eigenvalue weighted by molar-refractivity contribution is -0.268. The predicted molar refractivity (Wildman–Crippen MR) is 151 cm³/mol. The van der Waals surface area contributed by atoms with E-state index in [4.69, 9.17) is 9.47 Å². The van der Waals surface area contributed by atoms with Crippen LogP contribution in [-0.4, -0.2) is 34.9 Å². The molecule has 1 aliphatic heterocycles. The van der Waals surface area contributed by atoms with Crippen molar-refractivity contribution in [2.75, 3.05) is 10.5 Å². The van der Waals surface area contributed by atoms with Gasteiger partial charge in [0.15, 0.2) is 11.4 Å². The van der Waals surface area contributed by atoms with Crippen LogP contribution in [0.15, 0.2) is 101 Å². The van der Waals surface area contributed by atoms with Gasteiger partial charge in [-0.05, 0) is 35.4 Å². The first-order valence-corrected chi connectivity index (χ1v) is 15.1. The van der Waals surface area contributed by atoms with Gasteiger partial charge in [0, 0.05) is 42.4 Å². The van der Waals surface area contributed by atoms with E-state index in [1.807, 2.05) is 54.2 Å². The fraction of sp³-hybridized carbons (Fsp3) is 0.276. The fourth-order valence-corrected chi connectivity index (χ4v) is 6.65. The lowest BCUT2D eigenvalue weighted by Gasteiger charge is -2.41. The Labute approximate surface area is 233 Å². The number of ether oxygens (including phenoxy) is 2. The second-order valence-electron chi connectivity index (χ2n) is 9.49. The number of imidazole rings is 1. The summed E-state index contributed by atoms with van der Waals surface area (Å²) >= 11 is 1.63. The van der Waals surface area contributed by atoms with Crippen molar-refractivity contribution in [1.82, 2.24) is 9.55 Å². The summed E-state index contributed by atoms with van der Waals surface area (Å²) < 4.78 is 43.0. The Kier molecular flexibility index (Phi) is 8.39. The van der Waals surface area contributed by atoms with Crippen molar-refractivity contribution in [3.05, 3.63) is 108 Å². The van der Waals surface area contributed by atoms with Crippen molar-refractivity contribution in [2.24, 2.45) is 13.0 Å². The number of aryl methyl sites for hydroxylation is 1. The first kappa shape index (κ1) is 27.4. The molecule has 3 aromatic carbocycles. The van der Waals surface area contributed by atoms with Crippen molar-refractivity contribution < 1.29 is 23.0 Å². The van der Waals surface area contributed by atoms with E-state index in [2.05, 4.69) is 16.6 Å². The molecule has 8 nitrogen and oxygen atoms in total. The molecule has 1 aromatic heterocycles. The molecule has 2 heterocycles. The molecule has 5 rings (SSSR count). The lowest BCUT2D eigenvalue weighted by atomic mass is 9.91. The van der Waals surface area contributed by atoms with Crippen molar-refractivity contribution in [2.45, 2.75) is 42.1 Å². The maximum Gasteiger partial charge on any atom is 0.261 e. The quantitative estimate of drug-likeness (QED) is 0.266. The summed E-state index contributed by atoms with van der Waals surface area (Å²) in [6.45, 7) is 2.10. The number of benzene rings is 3. The molecule has 0 amide bonds. The summed E-state index contributed by atoms with van der Waals surface area (Å²) in [4.78, 5) is 4.62. The molecule has 4 aromatic rings. The first-order valence-electron chi connectivity index (χ1n) is 12.6. The molecule has 0 unspecified atom stereocenters. The molecule has 1 saturated heterocycles. The molecule has 0 spiro atoms. The normalized spacial score (nSPS) is 21.5. The molecule has 0 saturated carbocycles.